The summed E-state index contributed by atoms with van der Waals surface area (Å²) in [5.74, 6) is -0.928. The van der Waals surface area contributed by atoms with E-state index in [4.69, 9.17) is 4.74 Å². The van der Waals surface area contributed by atoms with Crippen molar-refractivity contribution in [3.8, 4) is 5.69 Å². The van der Waals surface area contributed by atoms with Crippen LogP contribution in [0.4, 0.5) is 5.69 Å². The molecule has 0 spiro atoms. The van der Waals surface area contributed by atoms with Crippen molar-refractivity contribution in [3.05, 3.63) is 60.3 Å². The number of benzene rings is 2. The highest BCUT2D eigenvalue weighted by Gasteiger charge is 2.21. The van der Waals surface area contributed by atoms with Crippen molar-refractivity contribution in [1.82, 2.24) is 4.57 Å². The number of aromatic nitrogens is 1. The summed E-state index contributed by atoms with van der Waals surface area (Å²) in [6, 6.07) is 17.4. The second-order valence-corrected chi connectivity index (χ2v) is 5.82. The van der Waals surface area contributed by atoms with Crippen LogP contribution in [0.2, 0.25) is 0 Å². The van der Waals surface area contributed by atoms with Gasteiger partial charge in [0.2, 0.25) is 0 Å². The van der Waals surface area contributed by atoms with Crippen LogP contribution < -0.4 is 4.90 Å². The summed E-state index contributed by atoms with van der Waals surface area (Å²) in [6.45, 7) is 2.98. The first-order chi connectivity index (χ1) is 11.8. The lowest BCUT2D eigenvalue weighted by Gasteiger charge is -2.31. The van der Waals surface area contributed by atoms with E-state index in [9.17, 15) is 9.90 Å². The van der Waals surface area contributed by atoms with Crippen molar-refractivity contribution in [2.45, 2.75) is 0 Å². The van der Waals surface area contributed by atoms with Gasteiger partial charge in [0.15, 0.2) is 0 Å². The predicted octanol–water partition coefficient (Wildman–Crippen LogP) is 3.17. The van der Waals surface area contributed by atoms with Crippen molar-refractivity contribution in [1.29, 1.82) is 0 Å². The van der Waals surface area contributed by atoms with Gasteiger partial charge in [-0.05, 0) is 24.3 Å². The van der Waals surface area contributed by atoms with E-state index in [0.717, 1.165) is 35.4 Å². The van der Waals surface area contributed by atoms with Gasteiger partial charge >= 0.3 is 5.97 Å². The number of nitrogens with zero attached hydrogens (tertiary/aromatic N) is 2. The van der Waals surface area contributed by atoms with Gasteiger partial charge in [0.25, 0.3) is 0 Å². The van der Waals surface area contributed by atoms with E-state index in [-0.39, 0.29) is 5.69 Å². The van der Waals surface area contributed by atoms with E-state index < -0.39 is 5.97 Å². The number of aromatic carboxylic acids is 1. The average Bonchev–Trinajstić information content (AvgIpc) is 3.02. The van der Waals surface area contributed by atoms with Crippen LogP contribution in [0.1, 0.15) is 10.5 Å². The predicted molar refractivity (Wildman–Crippen MR) is 93.3 cm³/mol. The van der Waals surface area contributed by atoms with Crippen molar-refractivity contribution in [2.24, 2.45) is 0 Å². The molecule has 0 aliphatic carbocycles. The molecule has 0 radical (unpaired) electrons. The molecule has 2 aromatic carbocycles. The topological polar surface area (TPSA) is 54.7 Å². The normalized spacial score (nSPS) is 14.9. The number of fused-ring (bicyclic) bond motifs is 1. The number of para-hydroxylation sites is 3. The highest BCUT2D eigenvalue weighted by molar-refractivity contribution is 5.96. The Labute approximate surface area is 139 Å². The molecule has 2 heterocycles. The van der Waals surface area contributed by atoms with Crippen molar-refractivity contribution in [3.63, 3.8) is 0 Å². The summed E-state index contributed by atoms with van der Waals surface area (Å²) in [4.78, 5) is 14.0. The lowest BCUT2D eigenvalue weighted by molar-refractivity contribution is 0.0688. The second-order valence-electron chi connectivity index (χ2n) is 5.82. The maximum absolute atomic E-state index is 11.8. The number of morpholine rings is 1. The second kappa shape index (κ2) is 6.02. The van der Waals surface area contributed by atoms with E-state index >= 15 is 0 Å². The van der Waals surface area contributed by atoms with E-state index in [1.54, 1.807) is 6.07 Å². The van der Waals surface area contributed by atoms with Crippen LogP contribution >= 0.6 is 0 Å². The lowest BCUT2D eigenvalue weighted by atomic mass is 10.2. The Hall–Kier alpha value is -2.79. The molecule has 5 heteroatoms. The molecule has 4 rings (SSSR count). The molecular formula is C19H18N2O3. The Morgan fingerprint density at radius 3 is 2.38 bits per heavy atom. The van der Waals surface area contributed by atoms with Crippen LogP contribution in [0.3, 0.4) is 0 Å². The zero-order valence-electron chi connectivity index (χ0n) is 13.2. The smallest absolute Gasteiger partial charge is 0.352 e. The van der Waals surface area contributed by atoms with Gasteiger partial charge in [-0.1, -0.05) is 30.3 Å². The fraction of sp³-hybridized carbons (Fsp3) is 0.211. The van der Waals surface area contributed by atoms with Crippen LogP contribution in [-0.4, -0.2) is 41.9 Å². The van der Waals surface area contributed by atoms with E-state index in [2.05, 4.69) is 4.90 Å². The Kier molecular flexibility index (Phi) is 3.70. The summed E-state index contributed by atoms with van der Waals surface area (Å²) < 4.78 is 7.28. The van der Waals surface area contributed by atoms with E-state index in [0.29, 0.717) is 13.2 Å². The molecule has 1 aromatic heterocycles. The third-order valence-corrected chi connectivity index (χ3v) is 4.40. The van der Waals surface area contributed by atoms with Crippen LogP contribution in [-0.2, 0) is 4.74 Å². The first kappa shape index (κ1) is 14.8. The molecule has 0 saturated carbocycles. The minimum absolute atomic E-state index is 0.275. The number of carboxylic acid groups (broad SMARTS) is 1. The number of anilines is 1. The van der Waals surface area contributed by atoms with Crippen molar-refractivity contribution < 1.29 is 14.6 Å². The first-order valence-corrected chi connectivity index (χ1v) is 8.01. The molecule has 24 heavy (non-hydrogen) atoms. The average molecular weight is 322 g/mol. The Bertz CT molecular complexity index is 895. The number of hydrogen-bond acceptors (Lipinski definition) is 3. The zero-order chi connectivity index (χ0) is 16.5. The zero-order valence-corrected chi connectivity index (χ0v) is 13.2. The molecular weight excluding hydrogens is 304 g/mol. The number of ether oxygens (including phenoxy) is 1. The van der Waals surface area contributed by atoms with Crippen LogP contribution in [0.25, 0.3) is 16.6 Å². The monoisotopic (exact) mass is 322 g/mol. The van der Waals surface area contributed by atoms with Crippen molar-refractivity contribution in [2.75, 3.05) is 31.2 Å². The Balaban J connectivity index is 1.95. The summed E-state index contributed by atoms with van der Waals surface area (Å²) >= 11 is 0. The van der Waals surface area contributed by atoms with Gasteiger partial charge in [-0.15, -0.1) is 0 Å². The first-order valence-electron chi connectivity index (χ1n) is 8.01. The Morgan fingerprint density at radius 1 is 0.958 bits per heavy atom. The summed E-state index contributed by atoms with van der Waals surface area (Å²) in [6.07, 6.45) is 0. The molecule has 1 fully saturated rings. The molecule has 1 N–H and O–H groups in total. The van der Waals surface area contributed by atoms with Gasteiger partial charge < -0.3 is 19.3 Å². The highest BCUT2D eigenvalue weighted by atomic mass is 16.5. The maximum atomic E-state index is 11.8. The third kappa shape index (κ3) is 2.43. The molecule has 0 unspecified atom stereocenters. The minimum atomic E-state index is -0.928. The minimum Gasteiger partial charge on any atom is -0.477 e. The standard InChI is InChI=1S/C19H18N2O3/c22-19(23)18-13-14-5-1-2-6-15(14)21(18)17-8-4-3-7-16(17)20-9-11-24-12-10-20/h1-8,13H,9-12H2,(H,22,23). The molecule has 0 bridgehead atoms. The summed E-state index contributed by atoms with van der Waals surface area (Å²) in [7, 11) is 0. The SMILES string of the molecule is O=C(O)c1cc2ccccc2n1-c1ccccc1N1CCOCC1. The molecule has 1 saturated heterocycles. The van der Waals surface area contributed by atoms with Crippen LogP contribution in [0.5, 0.6) is 0 Å². The molecule has 1 aliphatic heterocycles. The lowest BCUT2D eigenvalue weighted by Crippen LogP contribution is -2.36. The van der Waals surface area contributed by atoms with Crippen molar-refractivity contribution >= 4 is 22.6 Å². The molecule has 5 nitrogen and oxygen atoms in total. The van der Waals surface area contributed by atoms with Gasteiger partial charge in [-0.25, -0.2) is 4.79 Å². The van der Waals surface area contributed by atoms with Gasteiger partial charge in [-0.2, -0.15) is 0 Å². The van der Waals surface area contributed by atoms with Gasteiger partial charge in [0.1, 0.15) is 5.69 Å². The number of rotatable bonds is 3. The molecule has 0 atom stereocenters. The van der Waals surface area contributed by atoms with Crippen LogP contribution in [0.15, 0.2) is 54.6 Å². The highest BCUT2D eigenvalue weighted by Crippen LogP contribution is 2.31. The van der Waals surface area contributed by atoms with Gasteiger partial charge in [0, 0.05) is 18.5 Å². The van der Waals surface area contributed by atoms with Crippen LogP contribution in [0, 0.1) is 0 Å². The number of hydrogen-bond donors (Lipinski definition) is 1. The van der Waals surface area contributed by atoms with E-state index in [1.165, 1.54) is 0 Å². The third-order valence-electron chi connectivity index (χ3n) is 4.40. The quantitative estimate of drug-likeness (QED) is 0.805. The largest absolute Gasteiger partial charge is 0.477 e. The number of carboxylic acids is 1. The Morgan fingerprint density at radius 2 is 1.62 bits per heavy atom. The summed E-state index contributed by atoms with van der Waals surface area (Å²) in [5, 5.41) is 10.6. The van der Waals surface area contributed by atoms with Gasteiger partial charge in [0.05, 0.1) is 30.1 Å². The molecule has 122 valence electrons. The summed E-state index contributed by atoms with van der Waals surface area (Å²) in [5.41, 5.74) is 3.09. The van der Waals surface area contributed by atoms with Gasteiger partial charge in [-0.3, -0.25) is 0 Å². The molecule has 0 amide bonds. The van der Waals surface area contributed by atoms with E-state index in [1.807, 2.05) is 53.1 Å². The molecule has 3 aromatic rings. The molecule has 1 aliphatic rings. The number of carbonyl (C=O) groups is 1. The fourth-order valence-corrected chi connectivity index (χ4v) is 3.30. The fourth-order valence-electron chi connectivity index (χ4n) is 3.30. The maximum Gasteiger partial charge on any atom is 0.352 e.